The monoisotopic (exact) mass is 454 g/mol. The molecule has 4 aromatic carbocycles. The number of ether oxygens (including phenoxy) is 3. The summed E-state index contributed by atoms with van der Waals surface area (Å²) in [6, 6.07) is 26.0. The molecule has 6 heteroatoms. The summed E-state index contributed by atoms with van der Waals surface area (Å²) in [5, 5.41) is 11.6. The first kappa shape index (κ1) is 21.4. The van der Waals surface area contributed by atoms with Gasteiger partial charge in [-0.1, -0.05) is 60.7 Å². The van der Waals surface area contributed by atoms with Crippen LogP contribution in [0.1, 0.15) is 11.1 Å². The minimum Gasteiger partial charge on any atom is -0.507 e. The van der Waals surface area contributed by atoms with Crippen molar-refractivity contribution in [2.24, 2.45) is 0 Å². The molecular weight excluding hydrogens is 432 g/mol. The Morgan fingerprint density at radius 2 is 1.35 bits per heavy atom. The number of phenols is 1. The summed E-state index contributed by atoms with van der Waals surface area (Å²) in [6.45, 7) is 0.651. The van der Waals surface area contributed by atoms with Crippen molar-refractivity contribution >= 4 is 21.7 Å². The number of methoxy groups -OCH3 is 1. The third-order valence-corrected chi connectivity index (χ3v) is 5.54. The molecule has 0 aliphatic heterocycles. The fraction of sp³-hybridized carbons (Fsp3) is 0.107. The standard InChI is InChI=1S/C28H22O6/c1-31-20-12-22-21-14-25(32-16-18-8-4-2-5-9-18)26(33-17-19-10-6-3-7-11-19)15-24(21)34-28(30)27(22)23(29)13-20/h2-15,29H,16-17H2,1H3. The van der Waals surface area contributed by atoms with Crippen LogP contribution in [0, 0.1) is 0 Å². The molecule has 0 fully saturated rings. The minimum atomic E-state index is -0.644. The van der Waals surface area contributed by atoms with Gasteiger partial charge in [0.2, 0.25) is 0 Å². The summed E-state index contributed by atoms with van der Waals surface area (Å²) in [6.07, 6.45) is 0. The van der Waals surface area contributed by atoms with Crippen LogP contribution in [0.5, 0.6) is 23.0 Å². The summed E-state index contributed by atoms with van der Waals surface area (Å²) in [4.78, 5) is 12.7. The van der Waals surface area contributed by atoms with Crippen LogP contribution < -0.4 is 19.8 Å². The number of hydrogen-bond acceptors (Lipinski definition) is 6. The van der Waals surface area contributed by atoms with E-state index in [1.54, 1.807) is 18.2 Å². The zero-order chi connectivity index (χ0) is 23.5. The number of aromatic hydroxyl groups is 1. The van der Waals surface area contributed by atoms with E-state index in [0.29, 0.717) is 46.8 Å². The van der Waals surface area contributed by atoms with Crippen molar-refractivity contribution < 1.29 is 23.7 Å². The van der Waals surface area contributed by atoms with Gasteiger partial charge in [0.05, 0.1) is 7.11 Å². The van der Waals surface area contributed by atoms with Gasteiger partial charge in [0.15, 0.2) is 11.5 Å². The third kappa shape index (κ3) is 4.26. The zero-order valence-corrected chi connectivity index (χ0v) is 18.5. The summed E-state index contributed by atoms with van der Waals surface area (Å²) >= 11 is 0. The van der Waals surface area contributed by atoms with Gasteiger partial charge in [0.25, 0.3) is 0 Å². The van der Waals surface area contributed by atoms with Gasteiger partial charge >= 0.3 is 5.63 Å². The molecular formula is C28H22O6. The third-order valence-electron chi connectivity index (χ3n) is 5.54. The second kappa shape index (κ2) is 9.19. The van der Waals surface area contributed by atoms with Crippen molar-refractivity contribution in [2.45, 2.75) is 13.2 Å². The molecule has 5 rings (SSSR count). The predicted molar refractivity (Wildman–Crippen MR) is 130 cm³/mol. The predicted octanol–water partition coefficient (Wildman–Crippen LogP) is 5.82. The molecule has 0 atom stereocenters. The van der Waals surface area contributed by atoms with Crippen LogP contribution in [-0.2, 0) is 13.2 Å². The highest BCUT2D eigenvalue weighted by molar-refractivity contribution is 6.07. The molecule has 34 heavy (non-hydrogen) atoms. The lowest BCUT2D eigenvalue weighted by atomic mass is 10.1. The van der Waals surface area contributed by atoms with Gasteiger partial charge < -0.3 is 23.7 Å². The first-order valence-corrected chi connectivity index (χ1v) is 10.8. The molecule has 0 spiro atoms. The Morgan fingerprint density at radius 3 is 1.94 bits per heavy atom. The van der Waals surface area contributed by atoms with Crippen molar-refractivity contribution in [2.75, 3.05) is 7.11 Å². The highest BCUT2D eigenvalue weighted by Crippen LogP contribution is 2.39. The lowest BCUT2D eigenvalue weighted by Crippen LogP contribution is -2.03. The van der Waals surface area contributed by atoms with E-state index in [0.717, 1.165) is 11.1 Å². The van der Waals surface area contributed by atoms with Crippen molar-refractivity contribution in [1.82, 2.24) is 0 Å². The molecule has 0 unspecified atom stereocenters. The zero-order valence-electron chi connectivity index (χ0n) is 18.5. The van der Waals surface area contributed by atoms with Crippen LogP contribution in [-0.4, -0.2) is 12.2 Å². The molecule has 6 nitrogen and oxygen atoms in total. The molecule has 0 aliphatic rings. The Labute approximate surface area is 195 Å². The highest BCUT2D eigenvalue weighted by Gasteiger charge is 2.17. The van der Waals surface area contributed by atoms with E-state index in [1.807, 2.05) is 60.7 Å². The van der Waals surface area contributed by atoms with Gasteiger partial charge in [-0.05, 0) is 23.3 Å². The van der Waals surface area contributed by atoms with E-state index in [-0.39, 0.29) is 11.1 Å². The van der Waals surface area contributed by atoms with Crippen molar-refractivity contribution in [1.29, 1.82) is 0 Å². The van der Waals surface area contributed by atoms with Gasteiger partial charge in [-0.2, -0.15) is 0 Å². The molecule has 170 valence electrons. The van der Waals surface area contributed by atoms with E-state index in [9.17, 15) is 9.90 Å². The maximum atomic E-state index is 12.7. The molecule has 0 saturated heterocycles. The van der Waals surface area contributed by atoms with Crippen molar-refractivity contribution in [3.63, 3.8) is 0 Å². The van der Waals surface area contributed by atoms with Crippen LogP contribution in [0.25, 0.3) is 21.7 Å². The molecule has 1 heterocycles. The van der Waals surface area contributed by atoms with Crippen LogP contribution in [0.3, 0.4) is 0 Å². The first-order chi connectivity index (χ1) is 16.6. The van der Waals surface area contributed by atoms with Crippen molar-refractivity contribution in [3.05, 3.63) is 106 Å². The van der Waals surface area contributed by atoms with Gasteiger partial charge in [-0.15, -0.1) is 0 Å². The quantitative estimate of drug-likeness (QED) is 0.247. The number of hydrogen-bond donors (Lipinski definition) is 1. The van der Waals surface area contributed by atoms with Crippen molar-refractivity contribution in [3.8, 4) is 23.0 Å². The normalized spacial score (nSPS) is 11.0. The van der Waals surface area contributed by atoms with E-state index >= 15 is 0 Å². The Hall–Kier alpha value is -4.45. The molecule has 0 aliphatic carbocycles. The average Bonchev–Trinajstić information content (AvgIpc) is 2.87. The lowest BCUT2D eigenvalue weighted by Gasteiger charge is -2.15. The maximum Gasteiger partial charge on any atom is 0.347 e. The van der Waals surface area contributed by atoms with Crippen LogP contribution in [0.15, 0.2) is 94.1 Å². The summed E-state index contributed by atoms with van der Waals surface area (Å²) in [5.74, 6) is 1.15. The van der Waals surface area contributed by atoms with Gasteiger partial charge in [-0.3, -0.25) is 0 Å². The second-order valence-electron chi connectivity index (χ2n) is 7.80. The fourth-order valence-electron chi connectivity index (χ4n) is 3.83. The van der Waals surface area contributed by atoms with E-state index < -0.39 is 5.63 Å². The Kier molecular flexibility index (Phi) is 5.79. The minimum absolute atomic E-state index is 0.0836. The molecule has 0 amide bonds. The molecule has 1 aromatic heterocycles. The number of fused-ring (bicyclic) bond motifs is 3. The number of rotatable bonds is 7. The van der Waals surface area contributed by atoms with Crippen LogP contribution >= 0.6 is 0 Å². The fourth-order valence-corrected chi connectivity index (χ4v) is 3.83. The maximum absolute atomic E-state index is 12.7. The van der Waals surface area contributed by atoms with Gasteiger partial charge in [0, 0.05) is 22.9 Å². The number of phenolic OH excluding ortho intramolecular Hbond substituents is 1. The SMILES string of the molecule is COc1cc(O)c2c(=O)oc3cc(OCc4ccccc4)c(OCc4ccccc4)cc3c2c1. The van der Waals surface area contributed by atoms with Crippen LogP contribution in [0.2, 0.25) is 0 Å². The molecule has 0 saturated carbocycles. The highest BCUT2D eigenvalue weighted by atomic mass is 16.5. The lowest BCUT2D eigenvalue weighted by molar-refractivity contribution is 0.256. The molecule has 1 N–H and O–H groups in total. The van der Waals surface area contributed by atoms with Gasteiger partial charge in [-0.25, -0.2) is 4.79 Å². The second-order valence-corrected chi connectivity index (χ2v) is 7.80. The Bertz CT molecular complexity index is 1510. The Balaban J connectivity index is 1.63. The smallest absolute Gasteiger partial charge is 0.347 e. The summed E-state index contributed by atoms with van der Waals surface area (Å²) < 4.78 is 23.1. The summed E-state index contributed by atoms with van der Waals surface area (Å²) in [5.41, 5.74) is 1.67. The topological polar surface area (TPSA) is 78.1 Å². The van der Waals surface area contributed by atoms with Crippen LogP contribution in [0.4, 0.5) is 0 Å². The van der Waals surface area contributed by atoms with E-state index in [2.05, 4.69) is 0 Å². The Morgan fingerprint density at radius 1 is 0.765 bits per heavy atom. The average molecular weight is 454 g/mol. The van der Waals surface area contributed by atoms with Gasteiger partial charge in [0.1, 0.15) is 35.7 Å². The van der Waals surface area contributed by atoms with E-state index in [1.165, 1.54) is 13.2 Å². The molecule has 0 radical (unpaired) electrons. The largest absolute Gasteiger partial charge is 0.507 e. The van der Waals surface area contributed by atoms with E-state index in [4.69, 9.17) is 18.6 Å². The number of benzene rings is 4. The first-order valence-electron chi connectivity index (χ1n) is 10.8. The molecule has 5 aromatic rings. The molecule has 0 bridgehead atoms. The summed E-state index contributed by atoms with van der Waals surface area (Å²) in [7, 11) is 1.50.